The third kappa shape index (κ3) is 3.45. The lowest BCUT2D eigenvalue weighted by molar-refractivity contribution is 0.0698. The molecule has 0 amide bonds. The number of hydrogen-bond donors (Lipinski definition) is 2. The molecule has 8 heteroatoms. The molecule has 2 N–H and O–H groups in total. The summed E-state index contributed by atoms with van der Waals surface area (Å²) in [5.41, 5.74) is 1.05. The van der Waals surface area contributed by atoms with E-state index in [4.69, 9.17) is 5.11 Å². The first-order chi connectivity index (χ1) is 9.40. The zero-order chi connectivity index (χ0) is 14.8. The highest BCUT2D eigenvalue weighted by Crippen LogP contribution is 2.22. The summed E-state index contributed by atoms with van der Waals surface area (Å²) in [6.07, 6.45) is 0.565. The molecular formula is C12H13NO4S3. The van der Waals surface area contributed by atoms with Gasteiger partial charge >= 0.3 is 5.97 Å². The molecule has 1 atom stereocenters. The standard InChI is InChI=1S/C12H13NO4S3/c1-8(6-9-2-4-18-7-9)13-20(16,17)10-3-5-19-11(10)12(14)15/h2-5,7-8,13H,6H2,1H3,(H,14,15). The second-order valence-electron chi connectivity index (χ2n) is 4.28. The second kappa shape index (κ2) is 6.04. The van der Waals surface area contributed by atoms with E-state index in [1.807, 2.05) is 16.8 Å². The molecule has 0 aliphatic heterocycles. The fourth-order valence-electron chi connectivity index (χ4n) is 1.80. The van der Waals surface area contributed by atoms with Crippen molar-refractivity contribution in [3.05, 3.63) is 38.7 Å². The van der Waals surface area contributed by atoms with E-state index in [1.54, 1.807) is 18.3 Å². The van der Waals surface area contributed by atoms with Crippen molar-refractivity contribution >= 4 is 38.7 Å². The van der Waals surface area contributed by atoms with E-state index in [0.29, 0.717) is 6.42 Å². The summed E-state index contributed by atoms with van der Waals surface area (Å²) in [6, 6.07) is 2.94. The summed E-state index contributed by atoms with van der Waals surface area (Å²) in [5.74, 6) is -1.23. The predicted octanol–water partition coefficient (Wildman–Crippen LogP) is 2.42. The van der Waals surface area contributed by atoms with Crippen molar-refractivity contribution in [2.75, 3.05) is 0 Å². The number of hydrogen-bond acceptors (Lipinski definition) is 5. The number of carbonyl (C=O) groups is 1. The Morgan fingerprint density at radius 1 is 1.40 bits per heavy atom. The summed E-state index contributed by atoms with van der Waals surface area (Å²) in [5, 5.41) is 14.3. The lowest BCUT2D eigenvalue weighted by Gasteiger charge is -2.13. The number of rotatable bonds is 6. The number of aromatic carboxylic acids is 1. The zero-order valence-corrected chi connectivity index (χ0v) is 13.0. The minimum Gasteiger partial charge on any atom is -0.477 e. The average Bonchev–Trinajstić information content (AvgIpc) is 2.97. The minimum atomic E-state index is -3.81. The maximum absolute atomic E-state index is 12.2. The average molecular weight is 331 g/mol. The summed E-state index contributed by atoms with van der Waals surface area (Å²) >= 11 is 2.45. The highest BCUT2D eigenvalue weighted by Gasteiger charge is 2.25. The molecule has 2 rings (SSSR count). The van der Waals surface area contributed by atoms with Crippen molar-refractivity contribution in [3.8, 4) is 0 Å². The van der Waals surface area contributed by atoms with Gasteiger partial charge < -0.3 is 5.11 Å². The molecule has 2 heterocycles. The lowest BCUT2D eigenvalue weighted by Crippen LogP contribution is -2.34. The molecule has 0 aliphatic carbocycles. The molecule has 0 bridgehead atoms. The molecule has 0 saturated heterocycles. The Morgan fingerprint density at radius 2 is 2.15 bits per heavy atom. The van der Waals surface area contributed by atoms with Gasteiger partial charge in [0.05, 0.1) is 0 Å². The van der Waals surface area contributed by atoms with Crippen LogP contribution >= 0.6 is 22.7 Å². The van der Waals surface area contributed by atoms with E-state index in [-0.39, 0.29) is 15.8 Å². The Labute approximate surface area is 124 Å². The van der Waals surface area contributed by atoms with Crippen LogP contribution in [0, 0.1) is 0 Å². The molecule has 0 aliphatic rings. The number of thiophene rings is 2. The van der Waals surface area contributed by atoms with Crippen molar-refractivity contribution in [1.29, 1.82) is 0 Å². The maximum atomic E-state index is 12.2. The molecular weight excluding hydrogens is 318 g/mol. The van der Waals surface area contributed by atoms with Gasteiger partial charge in [0.25, 0.3) is 0 Å². The quantitative estimate of drug-likeness (QED) is 0.851. The fraction of sp³-hybridized carbons (Fsp3) is 0.250. The van der Waals surface area contributed by atoms with E-state index in [9.17, 15) is 13.2 Å². The second-order valence-corrected chi connectivity index (χ2v) is 7.66. The molecule has 2 aromatic heterocycles. The van der Waals surface area contributed by atoms with Crippen LogP contribution in [0.4, 0.5) is 0 Å². The molecule has 0 spiro atoms. The van der Waals surface area contributed by atoms with Crippen molar-refractivity contribution in [1.82, 2.24) is 4.72 Å². The summed E-state index contributed by atoms with van der Waals surface area (Å²) in [4.78, 5) is 10.7. The van der Waals surface area contributed by atoms with Crippen LogP contribution in [0.15, 0.2) is 33.2 Å². The molecule has 20 heavy (non-hydrogen) atoms. The third-order valence-corrected chi connectivity index (χ3v) is 5.99. The van der Waals surface area contributed by atoms with Gasteiger partial charge in [-0.05, 0) is 47.2 Å². The van der Waals surface area contributed by atoms with Gasteiger partial charge in [-0.3, -0.25) is 0 Å². The van der Waals surface area contributed by atoms with Crippen LogP contribution in [0.2, 0.25) is 0 Å². The SMILES string of the molecule is CC(Cc1ccsc1)NS(=O)(=O)c1ccsc1C(=O)O. The smallest absolute Gasteiger partial charge is 0.347 e. The predicted molar refractivity (Wildman–Crippen MR) is 79.1 cm³/mol. The third-order valence-electron chi connectivity index (χ3n) is 2.59. The van der Waals surface area contributed by atoms with Gasteiger partial charge in [-0.2, -0.15) is 11.3 Å². The van der Waals surface area contributed by atoms with Gasteiger partial charge in [-0.25, -0.2) is 17.9 Å². The van der Waals surface area contributed by atoms with Crippen molar-refractivity contribution in [2.45, 2.75) is 24.3 Å². The van der Waals surface area contributed by atoms with E-state index < -0.39 is 16.0 Å². The molecule has 5 nitrogen and oxygen atoms in total. The minimum absolute atomic E-state index is 0.166. The van der Waals surface area contributed by atoms with Crippen LogP contribution in [-0.2, 0) is 16.4 Å². The molecule has 108 valence electrons. The first-order valence-corrected chi connectivity index (χ1v) is 9.05. The lowest BCUT2D eigenvalue weighted by atomic mass is 10.1. The molecule has 1 unspecified atom stereocenters. The maximum Gasteiger partial charge on any atom is 0.347 e. The molecule has 0 radical (unpaired) electrons. The van der Waals surface area contributed by atoms with Gasteiger partial charge in [0, 0.05) is 6.04 Å². The van der Waals surface area contributed by atoms with Gasteiger partial charge in [-0.1, -0.05) is 0 Å². The largest absolute Gasteiger partial charge is 0.477 e. The Hall–Kier alpha value is -1.22. The van der Waals surface area contributed by atoms with E-state index in [1.165, 1.54) is 11.4 Å². The number of carboxylic acids is 1. The van der Waals surface area contributed by atoms with Crippen molar-refractivity contribution in [2.24, 2.45) is 0 Å². The van der Waals surface area contributed by atoms with Gasteiger partial charge in [0.1, 0.15) is 9.77 Å². The molecule has 2 aromatic rings. The number of nitrogens with one attached hydrogen (secondary N) is 1. The van der Waals surface area contributed by atoms with E-state index in [0.717, 1.165) is 16.9 Å². The van der Waals surface area contributed by atoms with Crippen LogP contribution in [0.1, 0.15) is 22.2 Å². The van der Waals surface area contributed by atoms with E-state index >= 15 is 0 Å². The molecule has 0 saturated carbocycles. The van der Waals surface area contributed by atoms with Crippen molar-refractivity contribution in [3.63, 3.8) is 0 Å². The fourth-order valence-corrected chi connectivity index (χ4v) is 4.98. The van der Waals surface area contributed by atoms with Gasteiger partial charge in [0.2, 0.25) is 10.0 Å². The topological polar surface area (TPSA) is 83.5 Å². The van der Waals surface area contributed by atoms with Crippen molar-refractivity contribution < 1.29 is 18.3 Å². The summed E-state index contributed by atoms with van der Waals surface area (Å²) in [6.45, 7) is 1.75. The van der Waals surface area contributed by atoms with E-state index in [2.05, 4.69) is 4.72 Å². The normalized spacial score (nSPS) is 13.2. The van der Waals surface area contributed by atoms with Gasteiger partial charge in [0.15, 0.2) is 0 Å². The Balaban J connectivity index is 2.14. The monoisotopic (exact) mass is 331 g/mol. The first-order valence-electron chi connectivity index (χ1n) is 5.74. The van der Waals surface area contributed by atoms with Crippen LogP contribution < -0.4 is 4.72 Å². The number of carboxylic acid groups (broad SMARTS) is 1. The van der Waals surface area contributed by atoms with Crippen LogP contribution in [0.5, 0.6) is 0 Å². The van der Waals surface area contributed by atoms with Gasteiger partial charge in [-0.15, -0.1) is 11.3 Å². The summed E-state index contributed by atoms with van der Waals surface area (Å²) < 4.78 is 26.9. The highest BCUT2D eigenvalue weighted by molar-refractivity contribution is 7.89. The highest BCUT2D eigenvalue weighted by atomic mass is 32.2. The number of sulfonamides is 1. The molecule has 0 aromatic carbocycles. The molecule has 0 fully saturated rings. The first kappa shape index (κ1) is 15.2. The Morgan fingerprint density at radius 3 is 2.75 bits per heavy atom. The Kier molecular flexibility index (Phi) is 4.59. The zero-order valence-electron chi connectivity index (χ0n) is 10.6. The summed E-state index contributed by atoms with van der Waals surface area (Å²) in [7, 11) is -3.81. The van der Waals surface area contributed by atoms with Crippen LogP contribution in [0.25, 0.3) is 0 Å². The van der Waals surface area contributed by atoms with Crippen LogP contribution in [0.3, 0.4) is 0 Å². The Bertz CT molecular complexity index is 688. The van der Waals surface area contributed by atoms with Crippen LogP contribution in [-0.4, -0.2) is 25.5 Å².